The average molecular weight is 310 g/mol. The van der Waals surface area contributed by atoms with Crippen LogP contribution < -0.4 is 16.6 Å². The summed E-state index contributed by atoms with van der Waals surface area (Å²) in [7, 11) is 0. The predicted octanol–water partition coefficient (Wildman–Crippen LogP) is 0.987. The number of benzene rings is 1. The monoisotopic (exact) mass is 309 g/mol. The van der Waals surface area contributed by atoms with E-state index in [1.165, 1.54) is 4.57 Å². The van der Waals surface area contributed by atoms with Gasteiger partial charge in [0.1, 0.15) is 0 Å². The lowest BCUT2D eigenvalue weighted by molar-refractivity contribution is 0.508. The zero-order valence-corrected chi connectivity index (χ0v) is 11.2. The Morgan fingerprint density at radius 3 is 2.89 bits per heavy atom. The van der Waals surface area contributed by atoms with Crippen molar-refractivity contribution in [2.24, 2.45) is 0 Å². The normalized spacial score (nSPS) is 19.5. The minimum absolute atomic E-state index is 0.0513. The van der Waals surface area contributed by atoms with Crippen LogP contribution in [0, 0.1) is 0 Å². The fourth-order valence-corrected chi connectivity index (χ4v) is 2.88. The maximum atomic E-state index is 12.4. The number of fused-ring (bicyclic) bond motifs is 1. The molecule has 0 spiro atoms. The molecule has 2 aromatic rings. The predicted molar refractivity (Wildman–Crippen MR) is 73.1 cm³/mol. The van der Waals surface area contributed by atoms with Gasteiger partial charge in [-0.15, -0.1) is 0 Å². The number of aromatic nitrogens is 2. The summed E-state index contributed by atoms with van der Waals surface area (Å²) in [5, 5.41) is 3.70. The topological polar surface area (TPSA) is 66.9 Å². The number of nitrogens with zero attached hydrogens (tertiary/aromatic N) is 1. The largest absolute Gasteiger partial charge is 0.329 e. The number of rotatable bonds is 1. The van der Waals surface area contributed by atoms with Gasteiger partial charge in [-0.2, -0.15) is 0 Å². The van der Waals surface area contributed by atoms with Gasteiger partial charge in [-0.05, 0) is 41.0 Å². The molecule has 1 saturated heterocycles. The highest BCUT2D eigenvalue weighted by atomic mass is 79.9. The summed E-state index contributed by atoms with van der Waals surface area (Å²) in [4.78, 5) is 27.2. The Balaban J connectivity index is 2.34. The Morgan fingerprint density at radius 2 is 2.17 bits per heavy atom. The summed E-state index contributed by atoms with van der Waals surface area (Å²) >= 11 is 3.34. The Morgan fingerprint density at radius 1 is 1.33 bits per heavy atom. The van der Waals surface area contributed by atoms with Crippen LogP contribution in [0.3, 0.4) is 0 Å². The van der Waals surface area contributed by atoms with Crippen LogP contribution in [-0.4, -0.2) is 22.6 Å². The molecule has 1 aliphatic heterocycles. The van der Waals surface area contributed by atoms with E-state index < -0.39 is 0 Å². The molecule has 18 heavy (non-hydrogen) atoms. The standard InChI is InChI=1S/C12H12BrN3O2/c13-9-3-1-2-8-10(9)15-12(18)16(11(8)17)7-4-5-14-6-7/h1-3,7,14H,4-6H2,(H,15,18). The van der Waals surface area contributed by atoms with Gasteiger partial charge in [0.2, 0.25) is 0 Å². The van der Waals surface area contributed by atoms with E-state index in [4.69, 9.17) is 0 Å². The van der Waals surface area contributed by atoms with Gasteiger partial charge in [0.15, 0.2) is 0 Å². The Hall–Kier alpha value is -1.40. The molecule has 5 nitrogen and oxygen atoms in total. The second-order valence-corrected chi connectivity index (χ2v) is 5.27. The summed E-state index contributed by atoms with van der Waals surface area (Å²) in [5.41, 5.74) is 0.00607. The molecule has 1 fully saturated rings. The van der Waals surface area contributed by atoms with Crippen LogP contribution >= 0.6 is 15.9 Å². The third-order valence-corrected chi connectivity index (χ3v) is 3.97. The van der Waals surface area contributed by atoms with Gasteiger partial charge < -0.3 is 10.3 Å². The molecule has 3 rings (SSSR count). The molecule has 0 aliphatic carbocycles. The minimum atomic E-state index is -0.340. The quantitative estimate of drug-likeness (QED) is 0.825. The summed E-state index contributed by atoms with van der Waals surface area (Å²) < 4.78 is 2.06. The van der Waals surface area contributed by atoms with E-state index in [9.17, 15) is 9.59 Å². The number of H-pyrrole nitrogens is 1. The molecule has 1 atom stereocenters. The second-order valence-electron chi connectivity index (χ2n) is 4.41. The third kappa shape index (κ3) is 1.72. The van der Waals surface area contributed by atoms with Gasteiger partial charge >= 0.3 is 5.69 Å². The van der Waals surface area contributed by atoms with E-state index in [0.717, 1.165) is 17.4 Å². The van der Waals surface area contributed by atoms with Crippen molar-refractivity contribution in [3.63, 3.8) is 0 Å². The molecule has 1 aromatic heterocycles. The molecule has 2 heterocycles. The van der Waals surface area contributed by atoms with Crippen LogP contribution in [-0.2, 0) is 0 Å². The Bertz CT molecular complexity index is 713. The van der Waals surface area contributed by atoms with Crippen molar-refractivity contribution in [1.29, 1.82) is 0 Å². The molecule has 0 amide bonds. The van der Waals surface area contributed by atoms with Gasteiger partial charge in [-0.1, -0.05) is 6.07 Å². The molecular weight excluding hydrogens is 298 g/mol. The van der Waals surface area contributed by atoms with Crippen molar-refractivity contribution < 1.29 is 0 Å². The lowest BCUT2D eigenvalue weighted by Crippen LogP contribution is -2.38. The zero-order valence-electron chi connectivity index (χ0n) is 9.57. The van der Waals surface area contributed by atoms with Crippen molar-refractivity contribution in [2.45, 2.75) is 12.5 Å². The molecule has 0 bridgehead atoms. The Kier molecular flexibility index (Phi) is 2.83. The van der Waals surface area contributed by atoms with Crippen LogP contribution in [0.25, 0.3) is 10.9 Å². The molecule has 2 N–H and O–H groups in total. The molecule has 0 saturated carbocycles. The molecular formula is C12H12BrN3O2. The van der Waals surface area contributed by atoms with Crippen molar-refractivity contribution in [2.75, 3.05) is 13.1 Å². The number of hydrogen-bond acceptors (Lipinski definition) is 3. The SMILES string of the molecule is O=c1[nH]c2c(Br)cccc2c(=O)n1C1CCNC1. The third-order valence-electron chi connectivity index (χ3n) is 3.31. The first-order valence-corrected chi connectivity index (χ1v) is 6.61. The van der Waals surface area contributed by atoms with Crippen molar-refractivity contribution >= 4 is 26.8 Å². The first-order valence-electron chi connectivity index (χ1n) is 5.82. The van der Waals surface area contributed by atoms with Crippen LogP contribution in [0.2, 0.25) is 0 Å². The summed E-state index contributed by atoms with van der Waals surface area (Å²) in [5.74, 6) is 0. The molecule has 6 heteroatoms. The number of halogens is 1. The van der Waals surface area contributed by atoms with Crippen LogP contribution in [0.5, 0.6) is 0 Å². The zero-order chi connectivity index (χ0) is 12.7. The van der Waals surface area contributed by atoms with Gasteiger partial charge in [0.25, 0.3) is 5.56 Å². The number of hydrogen-bond donors (Lipinski definition) is 2. The van der Waals surface area contributed by atoms with E-state index in [2.05, 4.69) is 26.2 Å². The molecule has 0 radical (unpaired) electrons. The van der Waals surface area contributed by atoms with Crippen LogP contribution in [0.15, 0.2) is 32.3 Å². The van der Waals surface area contributed by atoms with E-state index >= 15 is 0 Å². The van der Waals surface area contributed by atoms with E-state index in [1.54, 1.807) is 18.2 Å². The average Bonchev–Trinajstić information content (AvgIpc) is 2.84. The lowest BCUT2D eigenvalue weighted by atomic mass is 10.2. The highest BCUT2D eigenvalue weighted by Crippen LogP contribution is 2.19. The van der Waals surface area contributed by atoms with Crippen molar-refractivity contribution in [3.05, 3.63) is 43.5 Å². The van der Waals surface area contributed by atoms with E-state index in [-0.39, 0.29) is 17.3 Å². The summed E-state index contributed by atoms with van der Waals surface area (Å²) in [6, 6.07) is 5.28. The number of para-hydroxylation sites is 1. The fraction of sp³-hybridized carbons (Fsp3) is 0.333. The van der Waals surface area contributed by atoms with Crippen molar-refractivity contribution in [3.8, 4) is 0 Å². The lowest BCUT2D eigenvalue weighted by Gasteiger charge is -2.12. The smallest absolute Gasteiger partial charge is 0.315 e. The van der Waals surface area contributed by atoms with Crippen LogP contribution in [0.4, 0.5) is 0 Å². The highest BCUT2D eigenvalue weighted by Gasteiger charge is 2.21. The van der Waals surface area contributed by atoms with Gasteiger partial charge in [-0.25, -0.2) is 4.79 Å². The fourth-order valence-electron chi connectivity index (χ4n) is 2.41. The van der Waals surface area contributed by atoms with E-state index in [0.29, 0.717) is 17.4 Å². The number of nitrogens with one attached hydrogen (secondary N) is 2. The first kappa shape index (κ1) is 11.7. The molecule has 1 unspecified atom stereocenters. The maximum absolute atomic E-state index is 12.4. The second kappa shape index (κ2) is 4.37. The van der Waals surface area contributed by atoms with Gasteiger partial charge in [0.05, 0.1) is 16.9 Å². The first-order chi connectivity index (χ1) is 8.68. The highest BCUT2D eigenvalue weighted by molar-refractivity contribution is 9.10. The van der Waals surface area contributed by atoms with Crippen molar-refractivity contribution in [1.82, 2.24) is 14.9 Å². The van der Waals surface area contributed by atoms with E-state index in [1.807, 2.05) is 0 Å². The van der Waals surface area contributed by atoms with Crippen LogP contribution in [0.1, 0.15) is 12.5 Å². The van der Waals surface area contributed by atoms with Gasteiger partial charge in [-0.3, -0.25) is 9.36 Å². The molecule has 1 aromatic carbocycles. The summed E-state index contributed by atoms with van der Waals surface area (Å²) in [6.45, 7) is 1.51. The minimum Gasteiger partial charge on any atom is -0.315 e. The Labute approximate surface area is 111 Å². The summed E-state index contributed by atoms with van der Waals surface area (Å²) in [6.07, 6.45) is 0.808. The van der Waals surface area contributed by atoms with Gasteiger partial charge in [0, 0.05) is 11.0 Å². The maximum Gasteiger partial charge on any atom is 0.329 e. The molecule has 94 valence electrons. The molecule has 1 aliphatic rings. The number of aromatic amines is 1.